The smallest absolute Gasteiger partial charge is 0.191 e. The van der Waals surface area contributed by atoms with Crippen LogP contribution in [0.15, 0.2) is 4.99 Å². The van der Waals surface area contributed by atoms with E-state index in [-0.39, 0.29) is 0 Å². The average Bonchev–Trinajstić information content (AvgIpc) is 2.71. The number of aromatic nitrogens is 2. The molecule has 0 spiro atoms. The quantitative estimate of drug-likeness (QED) is 0.572. The summed E-state index contributed by atoms with van der Waals surface area (Å²) in [6, 6.07) is 0.442. The molecular formula is C18H35N5. The third-order valence-electron chi connectivity index (χ3n) is 4.19. The van der Waals surface area contributed by atoms with Gasteiger partial charge in [0.15, 0.2) is 5.96 Å². The molecule has 0 amide bonds. The molecule has 0 radical (unpaired) electrons. The largest absolute Gasteiger partial charge is 0.357 e. The molecule has 1 unspecified atom stereocenters. The van der Waals surface area contributed by atoms with Crippen molar-refractivity contribution >= 4 is 5.96 Å². The molecule has 23 heavy (non-hydrogen) atoms. The fraction of sp³-hybridized carbons (Fsp3) is 0.778. The van der Waals surface area contributed by atoms with E-state index in [2.05, 4.69) is 57.3 Å². The Bertz CT molecular complexity index is 502. The highest BCUT2D eigenvalue weighted by Crippen LogP contribution is 2.12. The van der Waals surface area contributed by atoms with Gasteiger partial charge in [-0.2, -0.15) is 5.10 Å². The molecule has 0 saturated heterocycles. The number of aliphatic imine (C=N–C) groups is 1. The molecule has 0 aliphatic rings. The molecule has 1 aromatic heterocycles. The highest BCUT2D eigenvalue weighted by atomic mass is 15.3. The van der Waals surface area contributed by atoms with E-state index in [4.69, 9.17) is 4.99 Å². The molecule has 2 N–H and O–H groups in total. The molecule has 0 aromatic carbocycles. The molecule has 0 bridgehead atoms. The van der Waals surface area contributed by atoms with Crippen molar-refractivity contribution in [1.29, 1.82) is 0 Å². The Morgan fingerprint density at radius 3 is 2.43 bits per heavy atom. The van der Waals surface area contributed by atoms with Gasteiger partial charge in [0.05, 0.1) is 5.69 Å². The summed E-state index contributed by atoms with van der Waals surface area (Å²) in [4.78, 5) is 4.72. The van der Waals surface area contributed by atoms with Crippen LogP contribution in [0, 0.1) is 19.8 Å². The van der Waals surface area contributed by atoms with Crippen molar-refractivity contribution in [3.05, 3.63) is 17.0 Å². The number of hydrogen-bond donors (Lipinski definition) is 2. The molecule has 5 nitrogen and oxygen atoms in total. The first-order chi connectivity index (χ1) is 10.8. The Hall–Kier alpha value is -1.52. The fourth-order valence-corrected chi connectivity index (χ4v) is 2.67. The molecule has 1 heterocycles. The van der Waals surface area contributed by atoms with Crippen molar-refractivity contribution in [2.75, 3.05) is 13.1 Å². The van der Waals surface area contributed by atoms with Gasteiger partial charge in [-0.05, 0) is 58.4 Å². The zero-order valence-corrected chi connectivity index (χ0v) is 16.0. The van der Waals surface area contributed by atoms with Crippen LogP contribution in [0.2, 0.25) is 0 Å². The topological polar surface area (TPSA) is 54.2 Å². The minimum absolute atomic E-state index is 0.442. The molecule has 5 heteroatoms. The summed E-state index contributed by atoms with van der Waals surface area (Å²) in [5.74, 6) is 1.67. The van der Waals surface area contributed by atoms with Crippen LogP contribution in [0.5, 0.6) is 0 Å². The average molecular weight is 322 g/mol. The van der Waals surface area contributed by atoms with E-state index < -0.39 is 0 Å². The number of hydrogen-bond acceptors (Lipinski definition) is 2. The number of aryl methyl sites for hydroxylation is 2. The maximum absolute atomic E-state index is 4.72. The van der Waals surface area contributed by atoms with E-state index in [9.17, 15) is 0 Å². The Labute approximate surface area is 142 Å². The Morgan fingerprint density at radius 2 is 1.91 bits per heavy atom. The zero-order valence-electron chi connectivity index (χ0n) is 16.0. The van der Waals surface area contributed by atoms with Gasteiger partial charge in [0.1, 0.15) is 0 Å². The molecule has 1 atom stereocenters. The standard InChI is InChI=1S/C18H35N5/c1-8-19-18(21-14(4)10-9-13(2)3)20-12-11-17-15(5)22-23(7)16(17)6/h13-14H,8-12H2,1-7H3,(H2,19,20,21). The zero-order chi connectivity index (χ0) is 17.4. The molecule has 0 aliphatic heterocycles. The van der Waals surface area contributed by atoms with Crippen molar-refractivity contribution in [3.8, 4) is 0 Å². The lowest BCUT2D eigenvalue weighted by molar-refractivity contribution is 0.489. The predicted molar refractivity (Wildman–Crippen MR) is 99.0 cm³/mol. The van der Waals surface area contributed by atoms with E-state index in [1.165, 1.54) is 24.1 Å². The lowest BCUT2D eigenvalue weighted by atomic mass is 10.0. The SMILES string of the molecule is CCNC(=NCCc1c(C)nn(C)c1C)NC(C)CCC(C)C. The summed E-state index contributed by atoms with van der Waals surface area (Å²) in [5.41, 5.74) is 3.67. The summed E-state index contributed by atoms with van der Waals surface area (Å²) < 4.78 is 1.95. The molecule has 0 aliphatic carbocycles. The van der Waals surface area contributed by atoms with Gasteiger partial charge < -0.3 is 10.6 Å². The molecule has 1 rings (SSSR count). The van der Waals surface area contributed by atoms with E-state index in [1.54, 1.807) is 0 Å². The van der Waals surface area contributed by atoms with Crippen molar-refractivity contribution in [2.24, 2.45) is 18.0 Å². The first-order valence-electron chi connectivity index (χ1n) is 8.89. The van der Waals surface area contributed by atoms with Gasteiger partial charge in [-0.25, -0.2) is 0 Å². The van der Waals surface area contributed by atoms with Crippen molar-refractivity contribution < 1.29 is 0 Å². The van der Waals surface area contributed by atoms with Gasteiger partial charge in [-0.1, -0.05) is 13.8 Å². The van der Waals surface area contributed by atoms with E-state index in [1.807, 2.05) is 11.7 Å². The molecule has 0 fully saturated rings. The summed E-state index contributed by atoms with van der Waals surface area (Å²) in [6.45, 7) is 14.7. The van der Waals surface area contributed by atoms with Gasteiger partial charge in [0.2, 0.25) is 0 Å². The highest BCUT2D eigenvalue weighted by Gasteiger charge is 2.09. The van der Waals surface area contributed by atoms with Crippen LogP contribution in [0.25, 0.3) is 0 Å². The van der Waals surface area contributed by atoms with Crippen LogP contribution in [0.3, 0.4) is 0 Å². The molecular weight excluding hydrogens is 286 g/mol. The maximum atomic E-state index is 4.72. The summed E-state index contributed by atoms with van der Waals surface area (Å²) in [7, 11) is 2.00. The molecule has 132 valence electrons. The van der Waals surface area contributed by atoms with E-state index in [0.29, 0.717) is 6.04 Å². The normalized spacial score (nSPS) is 13.5. The van der Waals surface area contributed by atoms with Gasteiger partial charge in [-0.15, -0.1) is 0 Å². The van der Waals surface area contributed by atoms with E-state index >= 15 is 0 Å². The van der Waals surface area contributed by atoms with Crippen molar-refractivity contribution in [1.82, 2.24) is 20.4 Å². The van der Waals surface area contributed by atoms with E-state index in [0.717, 1.165) is 37.1 Å². The Kier molecular flexibility index (Phi) is 8.13. The number of nitrogens with one attached hydrogen (secondary N) is 2. The van der Waals surface area contributed by atoms with Gasteiger partial charge >= 0.3 is 0 Å². The Balaban J connectivity index is 2.57. The van der Waals surface area contributed by atoms with Crippen LogP contribution >= 0.6 is 0 Å². The minimum Gasteiger partial charge on any atom is -0.357 e. The van der Waals surface area contributed by atoms with Crippen LogP contribution in [-0.4, -0.2) is 34.9 Å². The summed E-state index contributed by atoms with van der Waals surface area (Å²) in [6.07, 6.45) is 3.34. The minimum atomic E-state index is 0.442. The first kappa shape index (κ1) is 19.5. The summed E-state index contributed by atoms with van der Waals surface area (Å²) >= 11 is 0. The second-order valence-electron chi connectivity index (χ2n) is 6.80. The summed E-state index contributed by atoms with van der Waals surface area (Å²) in [5, 5.41) is 11.3. The third kappa shape index (κ3) is 6.63. The number of guanidine groups is 1. The molecule has 0 saturated carbocycles. The fourth-order valence-electron chi connectivity index (χ4n) is 2.67. The van der Waals surface area contributed by atoms with Gasteiger partial charge in [-0.3, -0.25) is 9.67 Å². The third-order valence-corrected chi connectivity index (χ3v) is 4.19. The van der Waals surface area contributed by atoms with Crippen LogP contribution < -0.4 is 10.6 Å². The first-order valence-corrected chi connectivity index (χ1v) is 8.89. The molecule has 1 aromatic rings. The second-order valence-corrected chi connectivity index (χ2v) is 6.80. The predicted octanol–water partition coefficient (Wildman–Crippen LogP) is 2.96. The number of rotatable bonds is 8. The second kappa shape index (κ2) is 9.58. The monoisotopic (exact) mass is 321 g/mol. The lowest BCUT2D eigenvalue weighted by Gasteiger charge is -2.18. The van der Waals surface area contributed by atoms with Gasteiger partial charge in [0.25, 0.3) is 0 Å². The van der Waals surface area contributed by atoms with Crippen LogP contribution in [-0.2, 0) is 13.5 Å². The van der Waals surface area contributed by atoms with Crippen LogP contribution in [0.4, 0.5) is 0 Å². The van der Waals surface area contributed by atoms with Gasteiger partial charge in [0, 0.05) is 31.9 Å². The lowest BCUT2D eigenvalue weighted by Crippen LogP contribution is -2.42. The van der Waals surface area contributed by atoms with Crippen molar-refractivity contribution in [3.63, 3.8) is 0 Å². The number of nitrogens with zero attached hydrogens (tertiary/aromatic N) is 3. The highest BCUT2D eigenvalue weighted by molar-refractivity contribution is 5.80. The van der Waals surface area contributed by atoms with Crippen LogP contribution in [0.1, 0.15) is 57.5 Å². The Morgan fingerprint density at radius 1 is 1.22 bits per heavy atom. The van der Waals surface area contributed by atoms with Crippen molar-refractivity contribution in [2.45, 2.75) is 66.8 Å². The maximum Gasteiger partial charge on any atom is 0.191 e.